The molecule has 0 aliphatic heterocycles. The first kappa shape index (κ1) is 16.4. The van der Waals surface area contributed by atoms with Crippen molar-refractivity contribution in [3.05, 3.63) is 35.4 Å². The SMILES string of the molecule is CC1=CCC[C@H]2[C@@](C)(Cc3cc(O)ccc3O)[C@@H](C)CC[C@]12C. The van der Waals surface area contributed by atoms with E-state index in [1.165, 1.54) is 25.7 Å². The molecule has 1 aromatic rings. The summed E-state index contributed by atoms with van der Waals surface area (Å²) in [6.45, 7) is 9.51. The van der Waals surface area contributed by atoms with Crippen LogP contribution in [0.4, 0.5) is 0 Å². The maximum atomic E-state index is 10.3. The summed E-state index contributed by atoms with van der Waals surface area (Å²) in [5.41, 5.74) is 2.86. The molecule has 1 aromatic carbocycles. The number of phenols is 2. The molecular formula is C21H30O2. The van der Waals surface area contributed by atoms with E-state index in [1.807, 2.05) is 0 Å². The molecule has 1 fully saturated rings. The molecule has 2 heteroatoms. The summed E-state index contributed by atoms with van der Waals surface area (Å²) >= 11 is 0. The van der Waals surface area contributed by atoms with E-state index >= 15 is 0 Å². The van der Waals surface area contributed by atoms with Gasteiger partial charge in [-0.1, -0.05) is 32.4 Å². The first-order valence-electron chi connectivity index (χ1n) is 8.95. The molecule has 2 aliphatic rings. The molecule has 0 aromatic heterocycles. The maximum absolute atomic E-state index is 10.3. The van der Waals surface area contributed by atoms with Crippen molar-refractivity contribution in [3.8, 4) is 11.5 Å². The predicted octanol–water partition coefficient (Wildman–Crippen LogP) is 5.44. The van der Waals surface area contributed by atoms with Crippen LogP contribution < -0.4 is 0 Å². The third-order valence-corrected chi connectivity index (χ3v) is 7.23. The van der Waals surface area contributed by atoms with Crippen LogP contribution in [0, 0.1) is 22.7 Å². The van der Waals surface area contributed by atoms with Crippen molar-refractivity contribution < 1.29 is 10.2 Å². The van der Waals surface area contributed by atoms with E-state index in [2.05, 4.69) is 33.8 Å². The average Bonchev–Trinajstić information content (AvgIpc) is 2.50. The Labute approximate surface area is 140 Å². The average molecular weight is 314 g/mol. The molecule has 0 unspecified atom stereocenters. The Bertz CT molecular complexity index is 633. The van der Waals surface area contributed by atoms with Gasteiger partial charge in [-0.25, -0.2) is 0 Å². The van der Waals surface area contributed by atoms with Gasteiger partial charge in [-0.3, -0.25) is 0 Å². The lowest BCUT2D eigenvalue weighted by atomic mass is 9.47. The molecule has 4 atom stereocenters. The van der Waals surface area contributed by atoms with Crippen molar-refractivity contribution in [1.82, 2.24) is 0 Å². The van der Waals surface area contributed by atoms with E-state index in [1.54, 1.807) is 23.8 Å². The fourth-order valence-electron chi connectivity index (χ4n) is 5.33. The molecule has 0 spiro atoms. The van der Waals surface area contributed by atoms with Crippen LogP contribution in [0.3, 0.4) is 0 Å². The Kier molecular flexibility index (Phi) is 3.98. The Hall–Kier alpha value is -1.44. The van der Waals surface area contributed by atoms with Crippen molar-refractivity contribution in [2.75, 3.05) is 0 Å². The molecule has 0 amide bonds. The minimum absolute atomic E-state index is 0.147. The van der Waals surface area contributed by atoms with Gasteiger partial charge in [-0.05, 0) is 85.5 Å². The summed E-state index contributed by atoms with van der Waals surface area (Å²) in [4.78, 5) is 0. The molecule has 126 valence electrons. The highest BCUT2D eigenvalue weighted by atomic mass is 16.3. The number of hydrogen-bond donors (Lipinski definition) is 2. The normalized spacial score (nSPS) is 37.1. The lowest BCUT2D eigenvalue weighted by Crippen LogP contribution is -2.50. The monoisotopic (exact) mass is 314 g/mol. The van der Waals surface area contributed by atoms with Crippen LogP contribution in [-0.2, 0) is 6.42 Å². The molecule has 0 saturated heterocycles. The lowest BCUT2D eigenvalue weighted by Gasteiger charge is -2.58. The van der Waals surface area contributed by atoms with Crippen molar-refractivity contribution in [3.63, 3.8) is 0 Å². The van der Waals surface area contributed by atoms with E-state index in [-0.39, 0.29) is 16.6 Å². The van der Waals surface area contributed by atoms with Crippen molar-refractivity contribution in [2.24, 2.45) is 22.7 Å². The Balaban J connectivity index is 2.00. The molecule has 2 aliphatic carbocycles. The van der Waals surface area contributed by atoms with Gasteiger partial charge in [0, 0.05) is 0 Å². The summed E-state index contributed by atoms with van der Waals surface area (Å²) in [5.74, 6) is 1.80. The number of allylic oxidation sites excluding steroid dienone is 2. The highest BCUT2D eigenvalue weighted by molar-refractivity contribution is 5.39. The number of phenolic OH excluding ortho intramolecular Hbond substituents is 2. The quantitative estimate of drug-likeness (QED) is 0.564. The largest absolute Gasteiger partial charge is 0.508 e. The van der Waals surface area contributed by atoms with Crippen LogP contribution in [0.25, 0.3) is 0 Å². The molecule has 0 radical (unpaired) electrons. The Morgan fingerprint density at radius 1 is 1.17 bits per heavy atom. The Morgan fingerprint density at radius 3 is 2.65 bits per heavy atom. The second kappa shape index (κ2) is 5.58. The summed E-state index contributed by atoms with van der Waals surface area (Å²) in [7, 11) is 0. The standard InChI is InChI=1S/C21H30O2/c1-14-6-5-7-19-20(14,3)11-10-15(2)21(19,4)13-16-12-17(22)8-9-18(16)23/h6,8-9,12,15,19,22-23H,5,7,10-11,13H2,1-4H3/t15-,19+,20+,21-/m0/s1. The molecule has 23 heavy (non-hydrogen) atoms. The van der Waals surface area contributed by atoms with Crippen LogP contribution in [0.15, 0.2) is 29.8 Å². The van der Waals surface area contributed by atoms with Gasteiger partial charge >= 0.3 is 0 Å². The molecule has 1 saturated carbocycles. The first-order valence-corrected chi connectivity index (χ1v) is 8.95. The zero-order valence-corrected chi connectivity index (χ0v) is 14.9. The number of fused-ring (bicyclic) bond motifs is 1. The molecule has 0 heterocycles. The fraction of sp³-hybridized carbons (Fsp3) is 0.619. The summed E-state index contributed by atoms with van der Waals surface area (Å²) in [6, 6.07) is 4.92. The number of rotatable bonds is 2. The van der Waals surface area contributed by atoms with Crippen LogP contribution in [-0.4, -0.2) is 10.2 Å². The predicted molar refractivity (Wildman–Crippen MR) is 94.6 cm³/mol. The number of hydrogen-bond acceptors (Lipinski definition) is 2. The van der Waals surface area contributed by atoms with E-state index in [0.717, 1.165) is 12.0 Å². The van der Waals surface area contributed by atoms with E-state index in [0.29, 0.717) is 17.6 Å². The van der Waals surface area contributed by atoms with Crippen LogP contribution >= 0.6 is 0 Å². The molecule has 0 bridgehead atoms. The zero-order chi connectivity index (χ0) is 16.8. The van der Waals surface area contributed by atoms with Gasteiger partial charge in [-0.15, -0.1) is 0 Å². The minimum Gasteiger partial charge on any atom is -0.508 e. The van der Waals surface area contributed by atoms with Crippen LogP contribution in [0.2, 0.25) is 0 Å². The molecular weight excluding hydrogens is 284 g/mol. The molecule has 2 N–H and O–H groups in total. The number of aromatic hydroxyl groups is 2. The highest BCUT2D eigenvalue weighted by Crippen LogP contribution is 2.61. The van der Waals surface area contributed by atoms with Gasteiger partial charge in [0.2, 0.25) is 0 Å². The van der Waals surface area contributed by atoms with E-state index < -0.39 is 0 Å². The third kappa shape index (κ3) is 2.56. The highest BCUT2D eigenvalue weighted by Gasteiger charge is 2.53. The lowest BCUT2D eigenvalue weighted by molar-refractivity contribution is -0.0412. The van der Waals surface area contributed by atoms with E-state index in [4.69, 9.17) is 0 Å². The second-order valence-electron chi connectivity index (χ2n) is 8.37. The summed E-state index contributed by atoms with van der Waals surface area (Å²) in [5, 5.41) is 20.1. The van der Waals surface area contributed by atoms with Gasteiger partial charge in [0.25, 0.3) is 0 Å². The smallest absolute Gasteiger partial charge is 0.119 e. The second-order valence-corrected chi connectivity index (χ2v) is 8.37. The van der Waals surface area contributed by atoms with Crippen LogP contribution in [0.5, 0.6) is 11.5 Å². The van der Waals surface area contributed by atoms with Gasteiger partial charge < -0.3 is 10.2 Å². The van der Waals surface area contributed by atoms with E-state index in [9.17, 15) is 10.2 Å². The van der Waals surface area contributed by atoms with Gasteiger partial charge in [0.15, 0.2) is 0 Å². The summed E-state index contributed by atoms with van der Waals surface area (Å²) < 4.78 is 0. The molecule has 2 nitrogen and oxygen atoms in total. The first-order chi connectivity index (χ1) is 10.8. The van der Waals surface area contributed by atoms with Crippen molar-refractivity contribution in [1.29, 1.82) is 0 Å². The van der Waals surface area contributed by atoms with Gasteiger partial charge in [-0.2, -0.15) is 0 Å². The van der Waals surface area contributed by atoms with Crippen molar-refractivity contribution in [2.45, 2.75) is 59.8 Å². The molecule has 3 rings (SSSR count). The van der Waals surface area contributed by atoms with Gasteiger partial charge in [0.1, 0.15) is 11.5 Å². The fourth-order valence-corrected chi connectivity index (χ4v) is 5.33. The van der Waals surface area contributed by atoms with Crippen molar-refractivity contribution >= 4 is 0 Å². The third-order valence-electron chi connectivity index (χ3n) is 7.23. The van der Waals surface area contributed by atoms with Gasteiger partial charge in [0.05, 0.1) is 0 Å². The summed E-state index contributed by atoms with van der Waals surface area (Å²) in [6.07, 6.45) is 8.16. The number of benzene rings is 1. The Morgan fingerprint density at radius 2 is 1.91 bits per heavy atom. The maximum Gasteiger partial charge on any atom is 0.119 e. The van der Waals surface area contributed by atoms with Crippen LogP contribution in [0.1, 0.15) is 58.9 Å². The topological polar surface area (TPSA) is 40.5 Å². The minimum atomic E-state index is 0.147. The zero-order valence-electron chi connectivity index (χ0n) is 14.9.